The van der Waals surface area contributed by atoms with Crippen molar-refractivity contribution in [3.63, 3.8) is 0 Å². The standard InChI is InChI=1S/C21H26N2O5/c1-19(2,3)28-17(25)22-13-12-20-14-8-5-6-9-15(14)23(18(26)27-4)21(20,22)11-7-10-16(20)24/h5-6,8-9H,7,10-13H2,1-4H3/t20-,21+/m0/s1. The SMILES string of the molecule is COC(=O)N1c2ccccc2[C@]23CCN(C(=O)OC(C)(C)C)[C@]12CCCC3=O. The number of para-hydroxylation sites is 1. The van der Waals surface area contributed by atoms with Gasteiger partial charge in [0.05, 0.1) is 12.8 Å². The molecular formula is C21H26N2O5. The number of nitrogens with zero attached hydrogens (tertiary/aromatic N) is 2. The molecule has 1 saturated heterocycles. The third kappa shape index (κ3) is 2.19. The van der Waals surface area contributed by atoms with Gasteiger partial charge in [0.1, 0.15) is 22.5 Å². The van der Waals surface area contributed by atoms with Crippen molar-refractivity contribution >= 4 is 23.7 Å². The highest BCUT2D eigenvalue weighted by Gasteiger charge is 2.75. The van der Waals surface area contributed by atoms with Gasteiger partial charge in [-0.2, -0.15) is 0 Å². The number of carbonyl (C=O) groups is 3. The minimum Gasteiger partial charge on any atom is -0.452 e. The summed E-state index contributed by atoms with van der Waals surface area (Å²) in [7, 11) is 1.32. The molecule has 0 aromatic heterocycles. The van der Waals surface area contributed by atoms with Crippen LogP contribution in [0.1, 0.15) is 52.0 Å². The molecule has 0 bridgehead atoms. The van der Waals surface area contributed by atoms with Gasteiger partial charge in [0.25, 0.3) is 0 Å². The molecule has 0 radical (unpaired) electrons. The van der Waals surface area contributed by atoms with Gasteiger partial charge in [-0.3, -0.25) is 14.6 Å². The first-order valence-electron chi connectivity index (χ1n) is 9.71. The Hall–Kier alpha value is -2.57. The summed E-state index contributed by atoms with van der Waals surface area (Å²) in [5, 5.41) is 0. The first-order chi connectivity index (χ1) is 13.2. The van der Waals surface area contributed by atoms with Crippen LogP contribution in [0.3, 0.4) is 0 Å². The van der Waals surface area contributed by atoms with Crippen molar-refractivity contribution in [3.8, 4) is 0 Å². The molecule has 7 nitrogen and oxygen atoms in total. The lowest BCUT2D eigenvalue weighted by molar-refractivity contribution is -0.130. The second-order valence-corrected chi connectivity index (χ2v) is 8.70. The lowest BCUT2D eigenvalue weighted by Crippen LogP contribution is -2.69. The fraction of sp³-hybridized carbons (Fsp3) is 0.571. The van der Waals surface area contributed by atoms with Gasteiger partial charge in [-0.25, -0.2) is 9.59 Å². The predicted octanol–water partition coefficient (Wildman–Crippen LogP) is 3.60. The van der Waals surface area contributed by atoms with Crippen LogP contribution >= 0.6 is 0 Å². The molecule has 1 aliphatic carbocycles. The molecule has 2 heterocycles. The Morgan fingerprint density at radius 3 is 2.50 bits per heavy atom. The summed E-state index contributed by atoms with van der Waals surface area (Å²) in [6.07, 6.45) is 0.927. The molecule has 2 amide bonds. The predicted molar refractivity (Wildman–Crippen MR) is 102 cm³/mol. The van der Waals surface area contributed by atoms with Crippen LogP contribution in [0, 0.1) is 0 Å². The number of fused-ring (bicyclic) bond motifs is 1. The van der Waals surface area contributed by atoms with Gasteiger partial charge in [-0.05, 0) is 51.7 Å². The molecule has 1 saturated carbocycles. The van der Waals surface area contributed by atoms with E-state index in [1.54, 1.807) is 25.7 Å². The maximum absolute atomic E-state index is 13.4. The van der Waals surface area contributed by atoms with E-state index in [2.05, 4.69) is 0 Å². The summed E-state index contributed by atoms with van der Waals surface area (Å²) in [5.41, 5.74) is -1.30. The van der Waals surface area contributed by atoms with Gasteiger partial charge >= 0.3 is 12.2 Å². The summed E-state index contributed by atoms with van der Waals surface area (Å²) >= 11 is 0. The van der Waals surface area contributed by atoms with E-state index in [0.29, 0.717) is 37.9 Å². The Morgan fingerprint density at radius 1 is 1.11 bits per heavy atom. The molecule has 2 aliphatic heterocycles. The monoisotopic (exact) mass is 386 g/mol. The largest absolute Gasteiger partial charge is 0.452 e. The van der Waals surface area contributed by atoms with Crippen LogP contribution < -0.4 is 4.90 Å². The molecule has 4 rings (SSSR count). The molecule has 28 heavy (non-hydrogen) atoms. The Labute approximate surface area is 164 Å². The minimum atomic E-state index is -1.12. The van der Waals surface area contributed by atoms with Gasteiger partial charge in [0.15, 0.2) is 0 Å². The number of methoxy groups -OCH3 is 1. The molecule has 3 aliphatic rings. The van der Waals surface area contributed by atoms with Gasteiger partial charge < -0.3 is 9.47 Å². The van der Waals surface area contributed by atoms with E-state index in [0.717, 1.165) is 5.56 Å². The lowest BCUT2D eigenvalue weighted by Gasteiger charge is -2.50. The Balaban J connectivity index is 1.95. The highest BCUT2D eigenvalue weighted by molar-refractivity contribution is 6.05. The van der Waals surface area contributed by atoms with Crippen LogP contribution in [0.4, 0.5) is 15.3 Å². The second kappa shape index (κ2) is 5.96. The molecule has 0 N–H and O–H groups in total. The minimum absolute atomic E-state index is 0.0728. The highest BCUT2D eigenvalue weighted by Crippen LogP contribution is 2.63. The number of ether oxygens (including phenoxy) is 2. The number of rotatable bonds is 0. The molecule has 0 spiro atoms. The fourth-order valence-electron chi connectivity index (χ4n) is 5.37. The normalized spacial score (nSPS) is 28.5. The number of hydrogen-bond donors (Lipinski definition) is 0. The van der Waals surface area contributed by atoms with E-state index < -0.39 is 28.9 Å². The zero-order chi connectivity index (χ0) is 20.3. The van der Waals surface area contributed by atoms with Crippen LogP contribution in [-0.2, 0) is 19.7 Å². The summed E-state index contributed by atoms with van der Waals surface area (Å²) in [5.74, 6) is 0.0728. The summed E-state index contributed by atoms with van der Waals surface area (Å²) in [6.45, 7) is 5.76. The average molecular weight is 386 g/mol. The van der Waals surface area contributed by atoms with Crippen molar-refractivity contribution < 1.29 is 23.9 Å². The van der Waals surface area contributed by atoms with Crippen molar-refractivity contribution in [2.45, 2.75) is 63.1 Å². The van der Waals surface area contributed by atoms with E-state index >= 15 is 0 Å². The zero-order valence-electron chi connectivity index (χ0n) is 16.8. The fourth-order valence-corrected chi connectivity index (χ4v) is 5.37. The van der Waals surface area contributed by atoms with Gasteiger partial charge in [-0.1, -0.05) is 18.2 Å². The molecule has 7 heteroatoms. The van der Waals surface area contributed by atoms with Crippen LogP contribution in [0.2, 0.25) is 0 Å². The molecule has 150 valence electrons. The van der Waals surface area contributed by atoms with Crippen LogP contribution in [0.15, 0.2) is 24.3 Å². The summed E-state index contributed by atoms with van der Waals surface area (Å²) in [6, 6.07) is 7.42. The van der Waals surface area contributed by atoms with Crippen molar-refractivity contribution in [1.82, 2.24) is 4.90 Å². The van der Waals surface area contributed by atoms with Gasteiger partial charge in [0.2, 0.25) is 0 Å². The van der Waals surface area contributed by atoms with Crippen molar-refractivity contribution in [3.05, 3.63) is 29.8 Å². The maximum atomic E-state index is 13.4. The third-order valence-electron chi connectivity index (χ3n) is 6.19. The molecule has 2 fully saturated rings. The van der Waals surface area contributed by atoms with Gasteiger partial charge in [0, 0.05) is 13.0 Å². The average Bonchev–Trinajstić information content (AvgIpc) is 3.10. The number of anilines is 1. The van der Waals surface area contributed by atoms with E-state index in [9.17, 15) is 14.4 Å². The first-order valence-corrected chi connectivity index (χ1v) is 9.71. The van der Waals surface area contributed by atoms with E-state index in [1.807, 2.05) is 24.3 Å². The number of carbonyl (C=O) groups excluding carboxylic acids is 3. The number of benzene rings is 1. The van der Waals surface area contributed by atoms with Gasteiger partial charge in [-0.15, -0.1) is 0 Å². The Bertz CT molecular complexity index is 861. The van der Waals surface area contributed by atoms with Crippen LogP contribution in [-0.4, -0.2) is 47.8 Å². The topological polar surface area (TPSA) is 76.2 Å². The van der Waals surface area contributed by atoms with Crippen LogP contribution in [0.5, 0.6) is 0 Å². The van der Waals surface area contributed by atoms with E-state index in [1.165, 1.54) is 12.0 Å². The van der Waals surface area contributed by atoms with Crippen molar-refractivity contribution in [2.24, 2.45) is 0 Å². The van der Waals surface area contributed by atoms with Crippen molar-refractivity contribution in [2.75, 3.05) is 18.6 Å². The molecular weight excluding hydrogens is 360 g/mol. The second-order valence-electron chi connectivity index (χ2n) is 8.70. The van der Waals surface area contributed by atoms with E-state index in [4.69, 9.17) is 9.47 Å². The quantitative estimate of drug-likeness (QED) is 0.681. The van der Waals surface area contributed by atoms with E-state index in [-0.39, 0.29) is 5.78 Å². The third-order valence-corrected chi connectivity index (χ3v) is 6.19. The molecule has 1 aromatic carbocycles. The maximum Gasteiger partial charge on any atom is 0.416 e. The lowest BCUT2D eigenvalue weighted by atomic mass is 9.63. The van der Waals surface area contributed by atoms with Crippen molar-refractivity contribution in [1.29, 1.82) is 0 Å². The number of ketones is 1. The highest BCUT2D eigenvalue weighted by atomic mass is 16.6. The molecule has 2 atom stereocenters. The first kappa shape index (κ1) is 18.8. The number of amides is 2. The zero-order valence-corrected chi connectivity index (χ0v) is 16.8. The molecule has 0 unspecified atom stereocenters. The summed E-state index contributed by atoms with van der Waals surface area (Å²) in [4.78, 5) is 42.6. The Kier molecular flexibility index (Phi) is 4.00. The Morgan fingerprint density at radius 2 is 1.82 bits per heavy atom. The van der Waals surface area contributed by atoms with Crippen LogP contribution in [0.25, 0.3) is 0 Å². The summed E-state index contributed by atoms with van der Waals surface area (Å²) < 4.78 is 10.8. The number of hydrogen-bond acceptors (Lipinski definition) is 5. The number of likely N-dealkylation sites (tertiary alicyclic amines) is 1. The number of Topliss-reactive ketones (excluding diaryl/α,β-unsaturated/α-hetero) is 1. The molecule has 1 aromatic rings. The smallest absolute Gasteiger partial charge is 0.416 e.